The Morgan fingerprint density at radius 2 is 2.11 bits per heavy atom. The van der Waals surface area contributed by atoms with E-state index in [1.54, 1.807) is 6.07 Å². The lowest BCUT2D eigenvalue weighted by atomic mass is 9.88. The van der Waals surface area contributed by atoms with E-state index in [2.05, 4.69) is 18.6 Å². The number of sulfonamides is 1. The molecule has 1 aliphatic carbocycles. The molecule has 106 valence electrons. The first-order valence-corrected chi connectivity index (χ1v) is 8.16. The van der Waals surface area contributed by atoms with Crippen LogP contribution in [0.5, 0.6) is 0 Å². The van der Waals surface area contributed by atoms with Gasteiger partial charge in [0.25, 0.3) is 0 Å². The number of nitrogens with one attached hydrogen (secondary N) is 1. The van der Waals surface area contributed by atoms with Crippen molar-refractivity contribution >= 4 is 27.3 Å². The highest BCUT2D eigenvalue weighted by atomic mass is 35.5. The van der Waals surface area contributed by atoms with Gasteiger partial charge in [0, 0.05) is 11.1 Å². The van der Waals surface area contributed by atoms with Gasteiger partial charge in [-0.05, 0) is 36.5 Å². The summed E-state index contributed by atoms with van der Waals surface area (Å²) in [6.45, 7) is 4.16. The quantitative estimate of drug-likeness (QED) is 0.843. The third-order valence-corrected chi connectivity index (χ3v) is 5.58. The average molecular weight is 303 g/mol. The van der Waals surface area contributed by atoms with Crippen LogP contribution in [0.3, 0.4) is 0 Å². The van der Waals surface area contributed by atoms with Crippen LogP contribution in [-0.2, 0) is 10.0 Å². The summed E-state index contributed by atoms with van der Waals surface area (Å²) < 4.78 is 27.6. The lowest BCUT2D eigenvalue weighted by molar-refractivity contribution is 0.313. The van der Waals surface area contributed by atoms with Gasteiger partial charge in [0.05, 0.1) is 5.69 Å². The van der Waals surface area contributed by atoms with Crippen molar-refractivity contribution in [3.8, 4) is 0 Å². The van der Waals surface area contributed by atoms with Crippen molar-refractivity contribution in [2.24, 2.45) is 5.41 Å². The number of hydrogen-bond acceptors (Lipinski definition) is 3. The average Bonchev–Trinajstić information content (AvgIpc) is 2.61. The van der Waals surface area contributed by atoms with Crippen LogP contribution in [0.4, 0.5) is 5.69 Å². The van der Waals surface area contributed by atoms with E-state index in [-0.39, 0.29) is 22.0 Å². The molecule has 0 spiro atoms. The van der Waals surface area contributed by atoms with Crippen molar-refractivity contribution in [3.05, 3.63) is 23.2 Å². The molecule has 4 nitrogen and oxygen atoms in total. The molecule has 0 saturated heterocycles. The molecule has 0 aromatic heterocycles. The van der Waals surface area contributed by atoms with Gasteiger partial charge in [-0.1, -0.05) is 31.9 Å². The Morgan fingerprint density at radius 1 is 1.42 bits per heavy atom. The van der Waals surface area contributed by atoms with E-state index in [1.165, 1.54) is 12.1 Å². The molecule has 1 atom stereocenters. The highest BCUT2D eigenvalue weighted by molar-refractivity contribution is 7.89. The van der Waals surface area contributed by atoms with E-state index in [1.807, 2.05) is 0 Å². The molecule has 0 bridgehead atoms. The Balaban J connectivity index is 2.31. The molecule has 0 aliphatic heterocycles. The first-order chi connectivity index (χ1) is 8.72. The molecule has 0 radical (unpaired) electrons. The van der Waals surface area contributed by atoms with Crippen LogP contribution in [0.25, 0.3) is 0 Å². The summed E-state index contributed by atoms with van der Waals surface area (Å²) >= 11 is 5.85. The number of hydrogen-bond donors (Lipinski definition) is 2. The second-order valence-corrected chi connectivity index (χ2v) is 7.86. The summed E-state index contributed by atoms with van der Waals surface area (Å²) in [7, 11) is -3.63. The number of anilines is 1. The monoisotopic (exact) mass is 302 g/mol. The molecule has 19 heavy (non-hydrogen) atoms. The van der Waals surface area contributed by atoms with Crippen LogP contribution in [0.2, 0.25) is 5.02 Å². The minimum Gasteiger partial charge on any atom is -0.398 e. The minimum absolute atomic E-state index is 0.0274. The van der Waals surface area contributed by atoms with Gasteiger partial charge < -0.3 is 5.73 Å². The van der Waals surface area contributed by atoms with Gasteiger partial charge in [-0.3, -0.25) is 0 Å². The second kappa shape index (κ2) is 4.96. The lowest BCUT2D eigenvalue weighted by Gasteiger charge is -2.27. The van der Waals surface area contributed by atoms with Crippen LogP contribution in [0.1, 0.15) is 33.1 Å². The molecule has 0 amide bonds. The largest absolute Gasteiger partial charge is 0.398 e. The minimum atomic E-state index is -3.63. The van der Waals surface area contributed by atoms with Crippen molar-refractivity contribution in [2.75, 3.05) is 5.73 Å². The third-order valence-electron chi connectivity index (χ3n) is 3.82. The maximum atomic E-state index is 12.4. The highest BCUT2D eigenvalue weighted by Crippen LogP contribution is 2.38. The molecule has 2 rings (SSSR count). The predicted octanol–water partition coefficient (Wildman–Crippen LogP) is 2.78. The van der Waals surface area contributed by atoms with Crippen LogP contribution in [-0.4, -0.2) is 14.5 Å². The predicted molar refractivity (Wildman–Crippen MR) is 77.6 cm³/mol. The van der Waals surface area contributed by atoms with Crippen molar-refractivity contribution in [3.63, 3.8) is 0 Å². The van der Waals surface area contributed by atoms with Gasteiger partial charge in [-0.2, -0.15) is 0 Å². The fourth-order valence-electron chi connectivity index (χ4n) is 2.54. The van der Waals surface area contributed by atoms with Crippen molar-refractivity contribution in [1.82, 2.24) is 4.72 Å². The summed E-state index contributed by atoms with van der Waals surface area (Å²) in [4.78, 5) is 0.0581. The molecule has 1 saturated carbocycles. The molecule has 6 heteroatoms. The zero-order valence-electron chi connectivity index (χ0n) is 11.1. The van der Waals surface area contributed by atoms with Crippen LogP contribution in [0, 0.1) is 5.41 Å². The Labute approximate surface area is 119 Å². The van der Waals surface area contributed by atoms with E-state index >= 15 is 0 Å². The maximum absolute atomic E-state index is 12.4. The standard InChI is InChI=1S/C13H19ClN2O2S/c1-13(2)7-3-4-12(13)16-19(17,18)11-8-9(14)5-6-10(11)15/h5-6,8,12,16H,3-4,7,15H2,1-2H3. The number of nitrogens with two attached hydrogens (primary N) is 1. The molecule has 3 N–H and O–H groups in total. The lowest BCUT2D eigenvalue weighted by Crippen LogP contribution is -2.41. The number of benzene rings is 1. The topological polar surface area (TPSA) is 72.2 Å². The van der Waals surface area contributed by atoms with Crippen LogP contribution < -0.4 is 10.5 Å². The third kappa shape index (κ3) is 3.04. The number of nitrogen functional groups attached to an aromatic ring is 1. The zero-order valence-corrected chi connectivity index (χ0v) is 12.7. The fourth-order valence-corrected chi connectivity index (χ4v) is 4.37. The molecular weight excluding hydrogens is 284 g/mol. The Kier molecular flexibility index (Phi) is 3.82. The summed E-state index contributed by atoms with van der Waals surface area (Å²) in [5.41, 5.74) is 5.93. The Bertz CT molecular complexity index is 584. The highest BCUT2D eigenvalue weighted by Gasteiger charge is 2.37. The first kappa shape index (κ1) is 14.6. The zero-order chi connectivity index (χ0) is 14.3. The maximum Gasteiger partial charge on any atom is 0.242 e. The van der Waals surface area contributed by atoms with Crippen LogP contribution >= 0.6 is 11.6 Å². The van der Waals surface area contributed by atoms with Crippen LogP contribution in [0.15, 0.2) is 23.1 Å². The molecule has 1 aromatic rings. The smallest absolute Gasteiger partial charge is 0.242 e. The van der Waals surface area contributed by atoms with Gasteiger partial charge in [0.2, 0.25) is 10.0 Å². The summed E-state index contributed by atoms with van der Waals surface area (Å²) in [5, 5.41) is 0.361. The molecular formula is C13H19ClN2O2S. The van der Waals surface area contributed by atoms with Gasteiger partial charge in [-0.15, -0.1) is 0 Å². The van der Waals surface area contributed by atoms with E-state index in [4.69, 9.17) is 17.3 Å². The molecule has 0 heterocycles. The summed E-state index contributed by atoms with van der Waals surface area (Å²) in [6, 6.07) is 4.42. The van der Waals surface area contributed by atoms with Crippen molar-refractivity contribution in [1.29, 1.82) is 0 Å². The van der Waals surface area contributed by atoms with Crippen molar-refractivity contribution < 1.29 is 8.42 Å². The van der Waals surface area contributed by atoms with Crippen molar-refractivity contribution in [2.45, 2.75) is 44.0 Å². The molecule has 1 fully saturated rings. The first-order valence-electron chi connectivity index (χ1n) is 6.30. The van der Waals surface area contributed by atoms with E-state index in [0.717, 1.165) is 19.3 Å². The van der Waals surface area contributed by atoms with E-state index in [9.17, 15) is 8.42 Å². The van der Waals surface area contributed by atoms with E-state index in [0.29, 0.717) is 5.02 Å². The van der Waals surface area contributed by atoms with Gasteiger partial charge >= 0.3 is 0 Å². The second-order valence-electron chi connectivity index (χ2n) is 5.74. The van der Waals surface area contributed by atoms with Gasteiger partial charge in [0.15, 0.2) is 0 Å². The summed E-state index contributed by atoms with van der Waals surface area (Å²) in [6.07, 6.45) is 2.91. The Hall–Kier alpha value is -0.780. The Morgan fingerprint density at radius 3 is 2.68 bits per heavy atom. The van der Waals surface area contributed by atoms with Gasteiger partial charge in [-0.25, -0.2) is 13.1 Å². The molecule has 1 aromatic carbocycles. The van der Waals surface area contributed by atoms with Gasteiger partial charge in [0.1, 0.15) is 4.90 Å². The van der Waals surface area contributed by atoms with E-state index < -0.39 is 10.0 Å². The summed E-state index contributed by atoms with van der Waals surface area (Å²) in [5.74, 6) is 0. The normalized spacial score (nSPS) is 22.6. The molecule has 1 aliphatic rings. The number of rotatable bonds is 3. The fraction of sp³-hybridized carbons (Fsp3) is 0.538. The molecule has 1 unspecified atom stereocenters. The SMILES string of the molecule is CC1(C)CCCC1NS(=O)(=O)c1cc(Cl)ccc1N. The number of halogens is 1.